The molecular formula is C11H15F3N2O2. The summed E-state index contributed by atoms with van der Waals surface area (Å²) in [6.45, 7) is -1.33. The third-order valence-corrected chi connectivity index (χ3v) is 3.67. The van der Waals surface area contributed by atoms with E-state index >= 15 is 0 Å². The van der Waals surface area contributed by atoms with Crippen molar-refractivity contribution >= 4 is 11.9 Å². The average Bonchev–Trinajstić information content (AvgIpc) is 2.30. The molecule has 7 heteroatoms. The van der Waals surface area contributed by atoms with Crippen LogP contribution in [0, 0.1) is 5.41 Å². The first-order valence-electron chi connectivity index (χ1n) is 6.01. The maximum absolute atomic E-state index is 12.4. The Morgan fingerprint density at radius 1 is 1.17 bits per heavy atom. The largest absolute Gasteiger partial charge is 0.406 e. The van der Waals surface area contributed by atoms with Crippen LogP contribution in [0.2, 0.25) is 0 Å². The van der Waals surface area contributed by atoms with Gasteiger partial charge in [-0.3, -0.25) is 9.69 Å². The third-order valence-electron chi connectivity index (χ3n) is 3.67. The predicted octanol–water partition coefficient (Wildman–Crippen LogP) is 2.05. The molecule has 102 valence electrons. The molecule has 4 nitrogen and oxygen atoms in total. The van der Waals surface area contributed by atoms with Crippen LogP contribution >= 0.6 is 0 Å². The van der Waals surface area contributed by atoms with Crippen LogP contribution in [0.3, 0.4) is 0 Å². The van der Waals surface area contributed by atoms with Crippen LogP contribution in [0.5, 0.6) is 0 Å². The zero-order chi connectivity index (χ0) is 13.4. The van der Waals surface area contributed by atoms with Crippen LogP contribution < -0.4 is 5.32 Å². The Morgan fingerprint density at radius 2 is 1.78 bits per heavy atom. The van der Waals surface area contributed by atoms with Crippen LogP contribution in [0.1, 0.15) is 32.1 Å². The quantitative estimate of drug-likeness (QED) is 0.788. The standard InChI is InChI=1S/C11H15F3N2O2/c12-11(13,14)7-16-8(17)10(6-15-9(16)18)4-2-1-3-5-10/h1-7H2,(H,15,18). The first kappa shape index (κ1) is 13.2. The molecule has 1 saturated carbocycles. The van der Waals surface area contributed by atoms with Gasteiger partial charge in [0.2, 0.25) is 5.91 Å². The lowest BCUT2D eigenvalue weighted by molar-refractivity contribution is -0.165. The van der Waals surface area contributed by atoms with Crippen molar-refractivity contribution in [1.29, 1.82) is 0 Å². The molecule has 18 heavy (non-hydrogen) atoms. The van der Waals surface area contributed by atoms with E-state index in [0.717, 1.165) is 19.3 Å². The SMILES string of the molecule is O=C1NCC2(CCCCC2)C(=O)N1CC(F)(F)F. The van der Waals surface area contributed by atoms with Crippen molar-refractivity contribution < 1.29 is 22.8 Å². The Bertz CT molecular complexity index is 362. The highest BCUT2D eigenvalue weighted by molar-refractivity contribution is 6.00. The number of amides is 3. The van der Waals surface area contributed by atoms with E-state index in [2.05, 4.69) is 5.32 Å². The highest BCUT2D eigenvalue weighted by Crippen LogP contribution is 2.39. The first-order valence-corrected chi connectivity index (χ1v) is 6.01. The zero-order valence-electron chi connectivity index (χ0n) is 9.85. The minimum absolute atomic E-state index is 0.166. The first-order chi connectivity index (χ1) is 8.34. The summed E-state index contributed by atoms with van der Waals surface area (Å²) >= 11 is 0. The molecular weight excluding hydrogens is 249 g/mol. The number of carbonyl (C=O) groups excluding carboxylic acids is 2. The normalized spacial score (nSPS) is 24.3. The van der Waals surface area contributed by atoms with Gasteiger partial charge in [0.25, 0.3) is 0 Å². The number of urea groups is 1. The molecule has 1 heterocycles. The number of alkyl halides is 3. The van der Waals surface area contributed by atoms with Gasteiger partial charge in [-0.2, -0.15) is 13.2 Å². The molecule has 0 bridgehead atoms. The predicted molar refractivity (Wildman–Crippen MR) is 56.7 cm³/mol. The van der Waals surface area contributed by atoms with Crippen LogP contribution in [0.25, 0.3) is 0 Å². The number of carbonyl (C=O) groups is 2. The van der Waals surface area contributed by atoms with Crippen LogP contribution in [-0.4, -0.2) is 36.1 Å². The molecule has 0 radical (unpaired) electrons. The number of nitrogens with zero attached hydrogens (tertiary/aromatic N) is 1. The number of rotatable bonds is 1. The summed E-state index contributed by atoms with van der Waals surface area (Å²) in [7, 11) is 0. The summed E-state index contributed by atoms with van der Waals surface area (Å²) in [6, 6.07) is -0.937. The summed E-state index contributed by atoms with van der Waals surface area (Å²) in [5, 5.41) is 2.41. The van der Waals surface area contributed by atoms with Crippen LogP contribution in [-0.2, 0) is 4.79 Å². The summed E-state index contributed by atoms with van der Waals surface area (Å²) in [5.74, 6) is -0.664. The number of imide groups is 1. The van der Waals surface area contributed by atoms with Crippen molar-refractivity contribution in [2.45, 2.75) is 38.3 Å². The molecule has 1 saturated heterocycles. The fourth-order valence-corrected chi connectivity index (χ4v) is 2.74. The molecule has 1 aliphatic carbocycles. The van der Waals surface area contributed by atoms with E-state index in [9.17, 15) is 22.8 Å². The molecule has 1 N–H and O–H groups in total. The summed E-state index contributed by atoms with van der Waals surface area (Å²) in [5.41, 5.74) is -0.808. The fourth-order valence-electron chi connectivity index (χ4n) is 2.74. The lowest BCUT2D eigenvalue weighted by Crippen LogP contribution is -2.62. The van der Waals surface area contributed by atoms with Gasteiger partial charge in [-0.1, -0.05) is 19.3 Å². The second kappa shape index (κ2) is 4.44. The van der Waals surface area contributed by atoms with Gasteiger partial charge in [0, 0.05) is 6.54 Å². The van der Waals surface area contributed by atoms with E-state index in [-0.39, 0.29) is 6.54 Å². The van der Waals surface area contributed by atoms with Gasteiger partial charge < -0.3 is 5.32 Å². The molecule has 3 amide bonds. The van der Waals surface area contributed by atoms with Gasteiger partial charge in [-0.15, -0.1) is 0 Å². The summed E-state index contributed by atoms with van der Waals surface area (Å²) in [6.07, 6.45) is -0.813. The van der Waals surface area contributed by atoms with Crippen molar-refractivity contribution in [3.05, 3.63) is 0 Å². The van der Waals surface area contributed by atoms with Crippen molar-refractivity contribution in [1.82, 2.24) is 10.2 Å². The molecule has 2 fully saturated rings. The highest BCUT2D eigenvalue weighted by Gasteiger charge is 2.50. The summed E-state index contributed by atoms with van der Waals surface area (Å²) in [4.78, 5) is 23.9. The van der Waals surface area contributed by atoms with Gasteiger partial charge >= 0.3 is 12.2 Å². The Kier molecular flexibility index (Phi) is 3.25. The molecule has 0 aromatic carbocycles. The number of hydrogen-bond acceptors (Lipinski definition) is 2. The van der Waals surface area contributed by atoms with Crippen molar-refractivity contribution in [2.24, 2.45) is 5.41 Å². The lowest BCUT2D eigenvalue weighted by atomic mass is 9.72. The lowest BCUT2D eigenvalue weighted by Gasteiger charge is -2.43. The molecule has 0 aromatic heterocycles. The fraction of sp³-hybridized carbons (Fsp3) is 0.818. The van der Waals surface area contributed by atoms with Gasteiger partial charge in [0.05, 0.1) is 5.41 Å². The smallest absolute Gasteiger partial charge is 0.337 e. The molecule has 0 aromatic rings. The van der Waals surface area contributed by atoms with E-state index in [1.54, 1.807) is 0 Å². The van der Waals surface area contributed by atoms with E-state index in [1.165, 1.54) is 0 Å². The molecule has 1 spiro atoms. The van der Waals surface area contributed by atoms with Crippen molar-refractivity contribution in [3.8, 4) is 0 Å². The summed E-state index contributed by atoms with van der Waals surface area (Å²) < 4.78 is 37.1. The van der Waals surface area contributed by atoms with Crippen LogP contribution in [0.15, 0.2) is 0 Å². The van der Waals surface area contributed by atoms with Crippen LogP contribution in [0.4, 0.5) is 18.0 Å². The van der Waals surface area contributed by atoms with E-state index < -0.39 is 30.1 Å². The van der Waals surface area contributed by atoms with Gasteiger partial charge in [-0.05, 0) is 12.8 Å². The van der Waals surface area contributed by atoms with Crippen molar-refractivity contribution in [3.63, 3.8) is 0 Å². The Morgan fingerprint density at radius 3 is 2.33 bits per heavy atom. The van der Waals surface area contributed by atoms with E-state index in [1.807, 2.05) is 0 Å². The Balaban J connectivity index is 2.18. The van der Waals surface area contributed by atoms with Crippen molar-refractivity contribution in [2.75, 3.05) is 13.1 Å². The topological polar surface area (TPSA) is 49.4 Å². The average molecular weight is 264 g/mol. The monoisotopic (exact) mass is 264 g/mol. The molecule has 2 rings (SSSR count). The second-order valence-corrected chi connectivity index (χ2v) is 5.01. The number of hydrogen-bond donors (Lipinski definition) is 1. The second-order valence-electron chi connectivity index (χ2n) is 5.01. The molecule has 2 aliphatic rings. The molecule has 1 aliphatic heterocycles. The Labute approximate surface area is 103 Å². The minimum Gasteiger partial charge on any atom is -0.337 e. The highest BCUT2D eigenvalue weighted by atomic mass is 19.4. The maximum Gasteiger partial charge on any atom is 0.406 e. The van der Waals surface area contributed by atoms with E-state index in [4.69, 9.17) is 0 Å². The van der Waals surface area contributed by atoms with Gasteiger partial charge in [0.15, 0.2) is 0 Å². The molecule has 0 atom stereocenters. The number of nitrogens with one attached hydrogen (secondary N) is 1. The van der Waals surface area contributed by atoms with E-state index in [0.29, 0.717) is 17.7 Å². The maximum atomic E-state index is 12.4. The zero-order valence-corrected chi connectivity index (χ0v) is 9.85. The molecule has 0 unspecified atom stereocenters. The minimum atomic E-state index is -4.56. The third kappa shape index (κ3) is 2.44. The van der Waals surface area contributed by atoms with Gasteiger partial charge in [0.1, 0.15) is 6.54 Å². The van der Waals surface area contributed by atoms with Gasteiger partial charge in [-0.25, -0.2) is 4.79 Å². The number of halogens is 3. The Hall–Kier alpha value is -1.27.